The van der Waals surface area contributed by atoms with E-state index in [1.807, 2.05) is 0 Å². The number of carboxylic acid groups (broad SMARTS) is 1. The number of hydrogen-bond acceptors (Lipinski definition) is 4. The number of anilines is 1. The number of benzene rings is 1. The lowest BCUT2D eigenvalue weighted by molar-refractivity contribution is -0.142. The molecule has 1 aromatic rings. The molecule has 2 aliphatic rings. The Kier molecular flexibility index (Phi) is 4.98. The highest BCUT2D eigenvalue weighted by molar-refractivity contribution is 5.99. The van der Waals surface area contributed by atoms with Crippen molar-refractivity contribution in [2.75, 3.05) is 18.5 Å². The van der Waals surface area contributed by atoms with E-state index in [4.69, 9.17) is 4.74 Å². The summed E-state index contributed by atoms with van der Waals surface area (Å²) < 4.78 is 19.5. The molecule has 0 saturated carbocycles. The maximum absolute atomic E-state index is 14.3. The average Bonchev–Trinajstić information content (AvgIpc) is 2.59. The fourth-order valence-corrected chi connectivity index (χ4v) is 3.20. The molecule has 0 unspecified atom stereocenters. The Balaban J connectivity index is 1.79. The molecule has 1 fully saturated rings. The van der Waals surface area contributed by atoms with Gasteiger partial charge in [-0.05, 0) is 37.0 Å². The van der Waals surface area contributed by atoms with E-state index in [2.05, 4.69) is 10.6 Å². The number of carbonyl (C=O) groups is 3. The average molecular weight is 350 g/mol. The van der Waals surface area contributed by atoms with Gasteiger partial charge in [0.1, 0.15) is 11.9 Å². The summed E-state index contributed by atoms with van der Waals surface area (Å²) >= 11 is 0. The first-order chi connectivity index (χ1) is 12.0. The highest BCUT2D eigenvalue weighted by Gasteiger charge is 2.32. The molecule has 25 heavy (non-hydrogen) atoms. The summed E-state index contributed by atoms with van der Waals surface area (Å²) in [5.74, 6) is -3.31. The van der Waals surface area contributed by atoms with Gasteiger partial charge in [-0.25, -0.2) is 9.18 Å². The van der Waals surface area contributed by atoms with Gasteiger partial charge in [-0.15, -0.1) is 0 Å². The second-order valence-corrected chi connectivity index (χ2v) is 6.30. The minimum atomic E-state index is -1.17. The summed E-state index contributed by atoms with van der Waals surface area (Å²) in [4.78, 5) is 35.3. The first-order valence-corrected chi connectivity index (χ1v) is 8.19. The summed E-state index contributed by atoms with van der Waals surface area (Å²) in [7, 11) is 0. The number of aryl methyl sites for hydroxylation is 1. The van der Waals surface area contributed by atoms with Gasteiger partial charge in [-0.1, -0.05) is 0 Å². The maximum Gasteiger partial charge on any atom is 0.326 e. The lowest BCUT2D eigenvalue weighted by Gasteiger charge is -2.28. The van der Waals surface area contributed by atoms with Gasteiger partial charge < -0.3 is 20.5 Å². The number of ether oxygens (including phenoxy) is 1. The third-order valence-corrected chi connectivity index (χ3v) is 4.55. The standard InChI is InChI=1S/C17H19FN2O5/c18-12-7-13-9(3-4-14(21)19-13)6-11(12)16(22)20-15(17(23)24)10-2-1-5-25-8-10/h6-7,10,15H,1-5,8H2,(H,19,21)(H,20,22)(H,23,24)/t10-,15+/m0/s1. The van der Waals surface area contributed by atoms with E-state index in [-0.39, 0.29) is 30.4 Å². The lowest BCUT2D eigenvalue weighted by Crippen LogP contribution is -2.48. The number of fused-ring (bicyclic) bond motifs is 1. The van der Waals surface area contributed by atoms with E-state index < -0.39 is 23.7 Å². The molecule has 0 radical (unpaired) electrons. The quantitative estimate of drug-likeness (QED) is 0.760. The van der Waals surface area contributed by atoms with Crippen molar-refractivity contribution in [2.24, 2.45) is 5.92 Å². The molecule has 134 valence electrons. The van der Waals surface area contributed by atoms with Gasteiger partial charge in [0.15, 0.2) is 0 Å². The number of amides is 2. The third kappa shape index (κ3) is 3.79. The lowest BCUT2D eigenvalue weighted by atomic mass is 9.93. The van der Waals surface area contributed by atoms with Crippen LogP contribution in [0.4, 0.5) is 10.1 Å². The zero-order valence-corrected chi connectivity index (χ0v) is 13.5. The molecule has 0 aromatic heterocycles. The molecule has 2 heterocycles. The first-order valence-electron chi connectivity index (χ1n) is 8.19. The van der Waals surface area contributed by atoms with Crippen LogP contribution < -0.4 is 10.6 Å². The van der Waals surface area contributed by atoms with Crippen LogP contribution in [0.5, 0.6) is 0 Å². The molecule has 3 N–H and O–H groups in total. The molecule has 2 amide bonds. The van der Waals surface area contributed by atoms with E-state index in [9.17, 15) is 23.9 Å². The van der Waals surface area contributed by atoms with Crippen molar-refractivity contribution in [3.63, 3.8) is 0 Å². The predicted molar refractivity (Wildman–Crippen MR) is 85.8 cm³/mol. The molecule has 1 saturated heterocycles. The molecule has 8 heteroatoms. The van der Waals surface area contributed by atoms with Gasteiger partial charge in [0.2, 0.25) is 5.91 Å². The number of halogens is 1. The van der Waals surface area contributed by atoms with Crippen molar-refractivity contribution >= 4 is 23.5 Å². The van der Waals surface area contributed by atoms with Gasteiger partial charge in [-0.3, -0.25) is 9.59 Å². The van der Waals surface area contributed by atoms with Gasteiger partial charge in [0, 0.05) is 24.6 Å². The summed E-state index contributed by atoms with van der Waals surface area (Å²) in [6.45, 7) is 0.817. The Morgan fingerprint density at radius 3 is 2.84 bits per heavy atom. The molecule has 2 atom stereocenters. The summed E-state index contributed by atoms with van der Waals surface area (Å²) in [5.41, 5.74) is 0.776. The van der Waals surface area contributed by atoms with Crippen molar-refractivity contribution in [1.29, 1.82) is 0 Å². The number of aliphatic carboxylic acids is 1. The molecule has 0 bridgehead atoms. The molecular weight excluding hydrogens is 331 g/mol. The van der Waals surface area contributed by atoms with Crippen LogP contribution in [0.25, 0.3) is 0 Å². The smallest absolute Gasteiger partial charge is 0.326 e. The normalized spacial score (nSPS) is 21.0. The van der Waals surface area contributed by atoms with Crippen LogP contribution in [0.2, 0.25) is 0 Å². The summed E-state index contributed by atoms with van der Waals surface area (Å²) in [6, 6.07) is 1.33. The Bertz CT molecular complexity index is 715. The molecular formula is C17H19FN2O5. The summed E-state index contributed by atoms with van der Waals surface area (Å²) in [6.07, 6.45) is 2.00. The SMILES string of the molecule is O=C1CCc2cc(C(=O)N[C@@H](C(=O)O)[C@H]3CCCOC3)c(F)cc2N1. The van der Waals surface area contributed by atoms with Gasteiger partial charge in [-0.2, -0.15) is 0 Å². The van der Waals surface area contributed by atoms with Crippen LogP contribution in [-0.4, -0.2) is 42.1 Å². The Morgan fingerprint density at radius 2 is 2.16 bits per heavy atom. The molecule has 1 aromatic carbocycles. The molecule has 0 spiro atoms. The van der Waals surface area contributed by atoms with Gasteiger partial charge in [0.25, 0.3) is 5.91 Å². The van der Waals surface area contributed by atoms with Crippen LogP contribution in [0, 0.1) is 11.7 Å². The van der Waals surface area contributed by atoms with Crippen LogP contribution in [0.15, 0.2) is 12.1 Å². The van der Waals surface area contributed by atoms with Crippen molar-refractivity contribution in [2.45, 2.75) is 31.7 Å². The van der Waals surface area contributed by atoms with E-state index in [1.54, 1.807) is 0 Å². The topological polar surface area (TPSA) is 105 Å². The first kappa shape index (κ1) is 17.3. The van der Waals surface area contributed by atoms with Gasteiger partial charge >= 0.3 is 5.97 Å². The highest BCUT2D eigenvalue weighted by Crippen LogP contribution is 2.26. The van der Waals surface area contributed by atoms with Crippen molar-refractivity contribution < 1.29 is 28.6 Å². The van der Waals surface area contributed by atoms with E-state index in [1.165, 1.54) is 6.07 Å². The van der Waals surface area contributed by atoms with E-state index in [0.717, 1.165) is 12.5 Å². The Labute approximate surface area is 143 Å². The van der Waals surface area contributed by atoms with Crippen LogP contribution in [-0.2, 0) is 20.7 Å². The fraction of sp³-hybridized carbons (Fsp3) is 0.471. The molecule has 7 nitrogen and oxygen atoms in total. The second kappa shape index (κ2) is 7.18. The zero-order chi connectivity index (χ0) is 18.0. The van der Waals surface area contributed by atoms with Crippen LogP contribution >= 0.6 is 0 Å². The van der Waals surface area contributed by atoms with Crippen LogP contribution in [0.3, 0.4) is 0 Å². The van der Waals surface area contributed by atoms with Crippen molar-refractivity contribution in [3.05, 3.63) is 29.1 Å². The minimum absolute atomic E-state index is 0.202. The second-order valence-electron chi connectivity index (χ2n) is 6.30. The van der Waals surface area contributed by atoms with Gasteiger partial charge in [0.05, 0.1) is 12.2 Å². The molecule has 0 aliphatic carbocycles. The Morgan fingerprint density at radius 1 is 1.36 bits per heavy atom. The Hall–Kier alpha value is -2.48. The van der Waals surface area contributed by atoms with E-state index in [0.29, 0.717) is 30.7 Å². The molecule has 2 aliphatic heterocycles. The third-order valence-electron chi connectivity index (χ3n) is 4.55. The number of carboxylic acids is 1. The van der Waals surface area contributed by atoms with Crippen LogP contribution in [0.1, 0.15) is 35.2 Å². The van der Waals surface area contributed by atoms with E-state index >= 15 is 0 Å². The highest BCUT2D eigenvalue weighted by atomic mass is 19.1. The number of hydrogen-bond donors (Lipinski definition) is 3. The molecule has 3 rings (SSSR count). The number of nitrogens with one attached hydrogen (secondary N) is 2. The fourth-order valence-electron chi connectivity index (χ4n) is 3.20. The minimum Gasteiger partial charge on any atom is -0.480 e. The number of carbonyl (C=O) groups excluding carboxylic acids is 2. The largest absolute Gasteiger partial charge is 0.480 e. The maximum atomic E-state index is 14.3. The summed E-state index contributed by atoms with van der Waals surface area (Å²) in [5, 5.41) is 14.4. The predicted octanol–water partition coefficient (Wildman–Crippen LogP) is 1.32. The monoisotopic (exact) mass is 350 g/mol. The number of rotatable bonds is 4. The van der Waals surface area contributed by atoms with Crippen molar-refractivity contribution in [1.82, 2.24) is 5.32 Å². The van der Waals surface area contributed by atoms with Crippen molar-refractivity contribution in [3.8, 4) is 0 Å². The zero-order valence-electron chi connectivity index (χ0n) is 13.5.